The predicted octanol–water partition coefficient (Wildman–Crippen LogP) is 4.69. The predicted molar refractivity (Wildman–Crippen MR) is 123 cm³/mol. The Balaban J connectivity index is 1.38. The zero-order chi connectivity index (χ0) is 22.2. The molecule has 0 unspecified atom stereocenters. The van der Waals surface area contributed by atoms with E-state index in [4.69, 9.17) is 4.74 Å². The SMILES string of the molecule is Cc1cccc(CCNC(=O)c2cccnc2Oc2ccc(Nc3ccccn3)cc2)n1. The first-order chi connectivity index (χ1) is 15.7. The zero-order valence-electron chi connectivity index (χ0n) is 17.7. The van der Waals surface area contributed by atoms with Crippen molar-refractivity contribution in [2.75, 3.05) is 11.9 Å². The second-order valence-corrected chi connectivity index (χ2v) is 7.10. The molecule has 0 radical (unpaired) electrons. The number of anilines is 2. The average molecular weight is 425 g/mol. The number of hydrogen-bond acceptors (Lipinski definition) is 6. The maximum Gasteiger partial charge on any atom is 0.256 e. The molecule has 3 heterocycles. The minimum Gasteiger partial charge on any atom is -0.438 e. The van der Waals surface area contributed by atoms with Crippen molar-refractivity contribution in [3.05, 3.63) is 102 Å². The van der Waals surface area contributed by atoms with Crippen molar-refractivity contribution in [2.24, 2.45) is 0 Å². The van der Waals surface area contributed by atoms with Crippen LogP contribution in [0, 0.1) is 6.92 Å². The van der Waals surface area contributed by atoms with E-state index in [9.17, 15) is 4.79 Å². The van der Waals surface area contributed by atoms with Crippen LogP contribution in [0.2, 0.25) is 0 Å². The summed E-state index contributed by atoms with van der Waals surface area (Å²) in [5.74, 6) is 1.34. The molecule has 0 aliphatic carbocycles. The summed E-state index contributed by atoms with van der Waals surface area (Å²) in [5.41, 5.74) is 3.14. The summed E-state index contributed by atoms with van der Waals surface area (Å²) in [6.07, 6.45) is 3.97. The normalized spacial score (nSPS) is 10.4. The van der Waals surface area contributed by atoms with Gasteiger partial charge < -0.3 is 15.4 Å². The number of carbonyl (C=O) groups excluding carboxylic acids is 1. The highest BCUT2D eigenvalue weighted by Crippen LogP contribution is 2.25. The van der Waals surface area contributed by atoms with Gasteiger partial charge in [0.15, 0.2) is 0 Å². The molecule has 2 N–H and O–H groups in total. The lowest BCUT2D eigenvalue weighted by Gasteiger charge is -2.11. The third kappa shape index (κ3) is 5.66. The van der Waals surface area contributed by atoms with Gasteiger partial charge in [-0.1, -0.05) is 12.1 Å². The Kier molecular flexibility index (Phi) is 6.67. The lowest BCUT2D eigenvalue weighted by Crippen LogP contribution is -2.26. The molecule has 160 valence electrons. The van der Waals surface area contributed by atoms with Crippen LogP contribution in [0.4, 0.5) is 11.5 Å². The summed E-state index contributed by atoms with van der Waals surface area (Å²) in [7, 11) is 0. The second-order valence-electron chi connectivity index (χ2n) is 7.10. The van der Waals surface area contributed by atoms with E-state index >= 15 is 0 Å². The lowest BCUT2D eigenvalue weighted by atomic mass is 10.2. The molecule has 3 aromatic heterocycles. The fourth-order valence-corrected chi connectivity index (χ4v) is 3.09. The molecule has 0 bridgehead atoms. The highest BCUT2D eigenvalue weighted by atomic mass is 16.5. The Morgan fingerprint density at radius 3 is 2.53 bits per heavy atom. The van der Waals surface area contributed by atoms with Crippen molar-refractivity contribution >= 4 is 17.4 Å². The van der Waals surface area contributed by atoms with Crippen LogP contribution in [0.15, 0.2) is 85.2 Å². The maximum absolute atomic E-state index is 12.7. The van der Waals surface area contributed by atoms with Crippen molar-refractivity contribution in [1.82, 2.24) is 20.3 Å². The van der Waals surface area contributed by atoms with Gasteiger partial charge in [-0.25, -0.2) is 9.97 Å². The van der Waals surface area contributed by atoms with Crippen molar-refractivity contribution in [2.45, 2.75) is 13.3 Å². The van der Waals surface area contributed by atoms with Gasteiger partial charge in [0.2, 0.25) is 5.88 Å². The Morgan fingerprint density at radius 2 is 1.75 bits per heavy atom. The van der Waals surface area contributed by atoms with Gasteiger partial charge >= 0.3 is 0 Å². The van der Waals surface area contributed by atoms with E-state index in [2.05, 4.69) is 25.6 Å². The monoisotopic (exact) mass is 425 g/mol. The molecule has 0 saturated carbocycles. The summed E-state index contributed by atoms with van der Waals surface area (Å²) in [4.78, 5) is 25.6. The van der Waals surface area contributed by atoms with Gasteiger partial charge in [0.05, 0.1) is 0 Å². The average Bonchev–Trinajstić information content (AvgIpc) is 2.81. The Bertz CT molecular complexity index is 1180. The van der Waals surface area contributed by atoms with Crippen LogP contribution >= 0.6 is 0 Å². The molecule has 1 amide bonds. The van der Waals surface area contributed by atoms with Gasteiger partial charge in [-0.3, -0.25) is 9.78 Å². The van der Waals surface area contributed by atoms with Crippen LogP contribution in [0.3, 0.4) is 0 Å². The quantitative estimate of drug-likeness (QED) is 0.426. The van der Waals surface area contributed by atoms with Gasteiger partial charge in [0, 0.05) is 42.4 Å². The Labute approximate surface area is 186 Å². The summed E-state index contributed by atoms with van der Waals surface area (Å²) in [5, 5.41) is 6.13. The number of benzene rings is 1. The number of nitrogens with one attached hydrogen (secondary N) is 2. The van der Waals surface area contributed by atoms with Gasteiger partial charge in [-0.05, 0) is 67.6 Å². The molecule has 1 aromatic carbocycles. The fraction of sp³-hybridized carbons (Fsp3) is 0.120. The van der Waals surface area contributed by atoms with Gasteiger partial charge in [-0.2, -0.15) is 0 Å². The number of nitrogens with zero attached hydrogens (tertiary/aromatic N) is 3. The van der Waals surface area contributed by atoms with Crippen molar-refractivity contribution < 1.29 is 9.53 Å². The standard InChI is InChI=1S/C25H23N5O2/c1-18-6-4-7-19(29-18)14-17-27-24(31)22-8-5-16-28-25(22)32-21-12-10-20(11-13-21)30-23-9-2-3-15-26-23/h2-13,15-16H,14,17H2,1H3,(H,26,30)(H,27,31). The van der Waals surface area contributed by atoms with Crippen LogP contribution in [-0.2, 0) is 6.42 Å². The first-order valence-corrected chi connectivity index (χ1v) is 10.3. The molecular formula is C25H23N5O2. The van der Waals surface area contributed by atoms with Crippen molar-refractivity contribution in [3.8, 4) is 11.6 Å². The minimum atomic E-state index is -0.241. The van der Waals surface area contributed by atoms with E-state index in [1.807, 2.05) is 67.6 Å². The third-order valence-electron chi connectivity index (χ3n) is 4.63. The van der Waals surface area contributed by atoms with Gasteiger partial charge in [-0.15, -0.1) is 0 Å². The Hall–Kier alpha value is -4.26. The molecule has 7 heteroatoms. The number of carbonyl (C=O) groups is 1. The molecule has 32 heavy (non-hydrogen) atoms. The fourth-order valence-electron chi connectivity index (χ4n) is 3.09. The van der Waals surface area contributed by atoms with E-state index in [1.54, 1.807) is 24.5 Å². The van der Waals surface area contributed by atoms with Crippen LogP contribution < -0.4 is 15.4 Å². The second kappa shape index (κ2) is 10.2. The van der Waals surface area contributed by atoms with E-state index in [0.717, 1.165) is 22.9 Å². The largest absolute Gasteiger partial charge is 0.438 e. The minimum absolute atomic E-state index is 0.241. The number of aromatic nitrogens is 3. The Morgan fingerprint density at radius 1 is 0.906 bits per heavy atom. The summed E-state index contributed by atoms with van der Waals surface area (Å²) in [6.45, 7) is 2.42. The van der Waals surface area contributed by atoms with Crippen LogP contribution in [-0.4, -0.2) is 27.4 Å². The van der Waals surface area contributed by atoms with Crippen molar-refractivity contribution in [3.63, 3.8) is 0 Å². The molecule has 0 spiro atoms. The molecule has 0 aliphatic heterocycles. The number of ether oxygens (including phenoxy) is 1. The first kappa shape index (κ1) is 21.0. The smallest absolute Gasteiger partial charge is 0.256 e. The van der Waals surface area contributed by atoms with Crippen LogP contribution in [0.25, 0.3) is 0 Å². The lowest BCUT2D eigenvalue weighted by molar-refractivity contribution is 0.0951. The zero-order valence-corrected chi connectivity index (χ0v) is 17.7. The third-order valence-corrected chi connectivity index (χ3v) is 4.63. The van der Waals surface area contributed by atoms with Crippen molar-refractivity contribution in [1.29, 1.82) is 0 Å². The maximum atomic E-state index is 12.7. The van der Waals surface area contributed by atoms with Gasteiger partial charge in [0.25, 0.3) is 5.91 Å². The van der Waals surface area contributed by atoms with E-state index in [1.165, 1.54) is 0 Å². The molecule has 4 rings (SSSR count). The number of hydrogen-bond donors (Lipinski definition) is 2. The summed E-state index contributed by atoms with van der Waals surface area (Å²) in [6, 6.07) is 22.3. The van der Waals surface area contributed by atoms with Gasteiger partial charge in [0.1, 0.15) is 17.1 Å². The molecule has 0 aliphatic rings. The number of amides is 1. The highest BCUT2D eigenvalue weighted by Gasteiger charge is 2.14. The van der Waals surface area contributed by atoms with Crippen LogP contribution in [0.5, 0.6) is 11.6 Å². The topological polar surface area (TPSA) is 89.0 Å². The van der Waals surface area contributed by atoms with E-state index in [-0.39, 0.29) is 11.8 Å². The summed E-state index contributed by atoms with van der Waals surface area (Å²) < 4.78 is 5.89. The number of pyridine rings is 3. The molecule has 0 fully saturated rings. The molecule has 4 aromatic rings. The number of rotatable bonds is 8. The highest BCUT2D eigenvalue weighted by molar-refractivity contribution is 5.96. The molecule has 0 atom stereocenters. The van der Waals surface area contributed by atoms with E-state index in [0.29, 0.717) is 24.3 Å². The van der Waals surface area contributed by atoms with E-state index < -0.39 is 0 Å². The number of aryl methyl sites for hydroxylation is 1. The summed E-state index contributed by atoms with van der Waals surface area (Å²) >= 11 is 0. The molecule has 7 nitrogen and oxygen atoms in total. The first-order valence-electron chi connectivity index (χ1n) is 10.3. The molecule has 0 saturated heterocycles. The van der Waals surface area contributed by atoms with Crippen LogP contribution in [0.1, 0.15) is 21.7 Å². The molecular weight excluding hydrogens is 402 g/mol.